The summed E-state index contributed by atoms with van der Waals surface area (Å²) in [6.45, 7) is 1.70. The Morgan fingerprint density at radius 2 is 2.33 bits per heavy atom. The van der Waals surface area contributed by atoms with Crippen LogP contribution >= 0.6 is 0 Å². The van der Waals surface area contributed by atoms with Gasteiger partial charge in [-0.05, 0) is 19.1 Å². The van der Waals surface area contributed by atoms with Gasteiger partial charge in [-0.25, -0.2) is 4.98 Å². The van der Waals surface area contributed by atoms with E-state index >= 15 is 0 Å². The van der Waals surface area contributed by atoms with Crippen molar-refractivity contribution >= 4 is 11.7 Å². The lowest BCUT2D eigenvalue weighted by atomic mass is 10.2. The zero-order chi connectivity index (χ0) is 11.4. The van der Waals surface area contributed by atoms with Gasteiger partial charge in [0.2, 0.25) is 0 Å². The molecule has 0 saturated carbocycles. The molecule has 1 atom stereocenters. The Labute approximate surface area is 88.5 Å². The number of amides is 1. The fraction of sp³-hybridized carbons (Fsp3) is 0.400. The third-order valence-corrected chi connectivity index (χ3v) is 2.28. The molecule has 1 heterocycles. The normalized spacial score (nSPS) is 12.2. The molecule has 3 N–H and O–H groups in total. The van der Waals surface area contributed by atoms with Gasteiger partial charge in [0.15, 0.2) is 0 Å². The maximum atomic E-state index is 11.8. The number of pyridine rings is 1. The lowest BCUT2D eigenvalue weighted by molar-refractivity contribution is 0.0682. The Kier molecular flexibility index (Phi) is 3.62. The minimum absolute atomic E-state index is 0.0648. The number of likely N-dealkylation sites (N-methyl/N-ethyl adjacent to an activating group) is 1. The molecule has 1 amide bonds. The molecule has 0 bridgehead atoms. The quantitative estimate of drug-likeness (QED) is 0.740. The van der Waals surface area contributed by atoms with Crippen LogP contribution in [0, 0.1) is 0 Å². The second-order valence-electron chi connectivity index (χ2n) is 3.42. The van der Waals surface area contributed by atoms with Crippen LogP contribution in [0.3, 0.4) is 0 Å². The number of carbonyl (C=O) groups is 1. The van der Waals surface area contributed by atoms with Gasteiger partial charge >= 0.3 is 0 Å². The first-order valence-electron chi connectivity index (χ1n) is 4.65. The van der Waals surface area contributed by atoms with Gasteiger partial charge in [-0.15, -0.1) is 0 Å². The highest BCUT2D eigenvalue weighted by atomic mass is 16.3. The maximum Gasteiger partial charge on any atom is 0.255 e. The van der Waals surface area contributed by atoms with E-state index in [0.29, 0.717) is 11.4 Å². The smallest absolute Gasteiger partial charge is 0.255 e. The Balaban J connectivity index is 2.80. The van der Waals surface area contributed by atoms with Crippen molar-refractivity contribution in [1.82, 2.24) is 9.88 Å². The van der Waals surface area contributed by atoms with Crippen LogP contribution in [0.1, 0.15) is 17.3 Å². The summed E-state index contributed by atoms with van der Waals surface area (Å²) in [5.41, 5.74) is 5.88. The fourth-order valence-electron chi connectivity index (χ4n) is 1.06. The van der Waals surface area contributed by atoms with E-state index in [9.17, 15) is 4.79 Å². The minimum Gasteiger partial charge on any atom is -0.394 e. The maximum absolute atomic E-state index is 11.8. The van der Waals surface area contributed by atoms with E-state index in [1.54, 1.807) is 26.1 Å². The summed E-state index contributed by atoms with van der Waals surface area (Å²) in [6, 6.07) is 2.98. The van der Waals surface area contributed by atoms with E-state index < -0.39 is 0 Å². The average Bonchev–Trinajstić information content (AvgIpc) is 2.27. The van der Waals surface area contributed by atoms with Crippen molar-refractivity contribution in [1.29, 1.82) is 0 Å². The van der Waals surface area contributed by atoms with Gasteiger partial charge < -0.3 is 15.7 Å². The van der Waals surface area contributed by atoms with Gasteiger partial charge in [-0.2, -0.15) is 0 Å². The summed E-state index contributed by atoms with van der Waals surface area (Å²) in [5, 5.41) is 8.92. The van der Waals surface area contributed by atoms with Crippen molar-refractivity contribution in [3.05, 3.63) is 23.9 Å². The van der Waals surface area contributed by atoms with Gasteiger partial charge in [0.05, 0.1) is 18.2 Å². The second-order valence-corrected chi connectivity index (χ2v) is 3.42. The average molecular weight is 209 g/mol. The van der Waals surface area contributed by atoms with Crippen LogP contribution in [0.25, 0.3) is 0 Å². The number of nitrogens with two attached hydrogens (primary N) is 1. The molecule has 82 valence electrons. The molecule has 1 unspecified atom stereocenters. The molecule has 0 fully saturated rings. The van der Waals surface area contributed by atoms with Crippen LogP contribution in [0.5, 0.6) is 0 Å². The molecule has 0 radical (unpaired) electrons. The molecule has 1 aromatic heterocycles. The third kappa shape index (κ3) is 2.66. The number of aliphatic hydroxyl groups excluding tert-OH is 1. The standard InChI is InChI=1S/C10H15N3O2/c1-7(6-14)13(2)10(15)8-3-4-9(11)12-5-8/h3-5,7,14H,6H2,1-2H3,(H2,11,12). The predicted molar refractivity (Wildman–Crippen MR) is 57.3 cm³/mol. The van der Waals surface area contributed by atoms with Crippen molar-refractivity contribution in [3.63, 3.8) is 0 Å². The number of aliphatic hydroxyl groups is 1. The Morgan fingerprint density at radius 1 is 1.67 bits per heavy atom. The van der Waals surface area contributed by atoms with E-state index in [4.69, 9.17) is 10.8 Å². The van der Waals surface area contributed by atoms with Crippen LogP contribution in [0.15, 0.2) is 18.3 Å². The number of hydrogen-bond acceptors (Lipinski definition) is 4. The summed E-state index contributed by atoms with van der Waals surface area (Å²) in [5.74, 6) is 0.202. The lowest BCUT2D eigenvalue weighted by Gasteiger charge is -2.22. The van der Waals surface area contributed by atoms with Crippen LogP contribution in [-0.4, -0.2) is 40.6 Å². The Morgan fingerprint density at radius 3 is 2.80 bits per heavy atom. The molecule has 1 aromatic rings. The molecular formula is C10H15N3O2. The van der Waals surface area contributed by atoms with Crippen molar-refractivity contribution in [2.24, 2.45) is 0 Å². The molecule has 15 heavy (non-hydrogen) atoms. The number of anilines is 1. The van der Waals surface area contributed by atoms with Crippen LogP contribution in [0.2, 0.25) is 0 Å². The molecule has 1 rings (SSSR count). The first-order chi connectivity index (χ1) is 7.06. The fourth-order valence-corrected chi connectivity index (χ4v) is 1.06. The van der Waals surface area contributed by atoms with Crippen LogP contribution in [0.4, 0.5) is 5.82 Å². The van der Waals surface area contributed by atoms with E-state index in [0.717, 1.165) is 0 Å². The number of rotatable bonds is 3. The van der Waals surface area contributed by atoms with Crippen LogP contribution < -0.4 is 5.73 Å². The topological polar surface area (TPSA) is 79.5 Å². The molecule has 0 aliphatic heterocycles. The summed E-state index contributed by atoms with van der Waals surface area (Å²) < 4.78 is 0. The SMILES string of the molecule is CC(CO)N(C)C(=O)c1ccc(N)nc1. The van der Waals surface area contributed by atoms with Gasteiger partial charge in [-0.1, -0.05) is 0 Å². The largest absolute Gasteiger partial charge is 0.394 e. The monoisotopic (exact) mass is 209 g/mol. The summed E-state index contributed by atoms with van der Waals surface area (Å²) in [4.78, 5) is 17.1. The molecule has 0 aromatic carbocycles. The molecule has 0 aliphatic carbocycles. The minimum atomic E-state index is -0.213. The Bertz CT molecular complexity index is 337. The number of carbonyl (C=O) groups excluding carboxylic acids is 1. The highest BCUT2D eigenvalue weighted by Crippen LogP contribution is 2.06. The van der Waals surface area contributed by atoms with Crippen molar-refractivity contribution < 1.29 is 9.90 Å². The first-order valence-corrected chi connectivity index (χ1v) is 4.65. The second kappa shape index (κ2) is 4.75. The zero-order valence-electron chi connectivity index (χ0n) is 8.84. The highest BCUT2D eigenvalue weighted by molar-refractivity contribution is 5.94. The zero-order valence-corrected chi connectivity index (χ0v) is 8.84. The van der Waals surface area contributed by atoms with E-state index in [1.807, 2.05) is 0 Å². The molecule has 5 heteroatoms. The number of aromatic nitrogens is 1. The summed E-state index contributed by atoms with van der Waals surface area (Å²) in [6.07, 6.45) is 1.43. The highest BCUT2D eigenvalue weighted by Gasteiger charge is 2.16. The van der Waals surface area contributed by atoms with Crippen molar-refractivity contribution in [3.8, 4) is 0 Å². The molecule has 0 spiro atoms. The Hall–Kier alpha value is -1.62. The van der Waals surface area contributed by atoms with Crippen molar-refractivity contribution in [2.75, 3.05) is 19.4 Å². The lowest BCUT2D eigenvalue weighted by Crippen LogP contribution is -2.37. The van der Waals surface area contributed by atoms with E-state index in [-0.39, 0.29) is 18.6 Å². The molecule has 0 saturated heterocycles. The van der Waals surface area contributed by atoms with Crippen molar-refractivity contribution in [2.45, 2.75) is 13.0 Å². The molecule has 5 nitrogen and oxygen atoms in total. The van der Waals surface area contributed by atoms with Gasteiger partial charge in [-0.3, -0.25) is 4.79 Å². The molecular weight excluding hydrogens is 194 g/mol. The number of nitrogens with zero attached hydrogens (tertiary/aromatic N) is 2. The molecule has 0 aliphatic rings. The van der Waals surface area contributed by atoms with Gasteiger partial charge in [0, 0.05) is 13.2 Å². The van der Waals surface area contributed by atoms with Gasteiger partial charge in [0.25, 0.3) is 5.91 Å². The first kappa shape index (κ1) is 11.5. The number of nitrogen functional groups attached to an aromatic ring is 1. The predicted octanol–water partition coefficient (Wildman–Crippen LogP) is 0.117. The number of hydrogen-bond donors (Lipinski definition) is 2. The summed E-state index contributed by atoms with van der Waals surface area (Å²) in [7, 11) is 1.64. The third-order valence-electron chi connectivity index (χ3n) is 2.28. The summed E-state index contributed by atoms with van der Waals surface area (Å²) >= 11 is 0. The van der Waals surface area contributed by atoms with E-state index in [2.05, 4.69) is 4.98 Å². The van der Waals surface area contributed by atoms with Gasteiger partial charge in [0.1, 0.15) is 5.82 Å². The van der Waals surface area contributed by atoms with E-state index in [1.165, 1.54) is 11.1 Å². The van der Waals surface area contributed by atoms with Crippen LogP contribution in [-0.2, 0) is 0 Å².